The van der Waals surface area contributed by atoms with Crippen LogP contribution in [0.25, 0.3) is 10.9 Å². The van der Waals surface area contributed by atoms with Crippen molar-refractivity contribution in [3.8, 4) is 0 Å². The van der Waals surface area contributed by atoms with Crippen molar-refractivity contribution in [2.24, 2.45) is 0 Å². The van der Waals surface area contributed by atoms with Gasteiger partial charge in [0, 0.05) is 31.7 Å². The van der Waals surface area contributed by atoms with Crippen LogP contribution in [0.1, 0.15) is 52.9 Å². The summed E-state index contributed by atoms with van der Waals surface area (Å²) in [6, 6.07) is 4.31. The number of nitrogens with zero attached hydrogens (tertiary/aromatic N) is 1. The van der Waals surface area contributed by atoms with Crippen LogP contribution in [0.2, 0.25) is 0 Å². The Hall–Kier alpha value is -1.85. The Morgan fingerprint density at radius 2 is 1.93 bits per heavy atom. The zero-order valence-electron chi connectivity index (χ0n) is 17.0. The van der Waals surface area contributed by atoms with Gasteiger partial charge in [0.1, 0.15) is 5.69 Å². The van der Waals surface area contributed by atoms with E-state index in [9.17, 15) is 4.79 Å². The van der Waals surface area contributed by atoms with Gasteiger partial charge in [0.2, 0.25) is 0 Å². The number of likely N-dealkylation sites (tertiary alicyclic amines) is 1. The van der Waals surface area contributed by atoms with Crippen LogP contribution >= 0.6 is 0 Å². The molecule has 1 N–H and O–H groups in total. The molecule has 1 aliphatic heterocycles. The second-order valence-corrected chi connectivity index (χ2v) is 8.24. The van der Waals surface area contributed by atoms with Crippen molar-refractivity contribution in [2.75, 3.05) is 20.8 Å². The minimum atomic E-state index is -0.226. The van der Waals surface area contributed by atoms with E-state index in [4.69, 9.17) is 9.47 Å². The first kappa shape index (κ1) is 18.5. The molecule has 1 saturated heterocycles. The van der Waals surface area contributed by atoms with Crippen LogP contribution in [0.3, 0.4) is 0 Å². The quantitative estimate of drug-likeness (QED) is 0.892. The van der Waals surface area contributed by atoms with E-state index >= 15 is 0 Å². The van der Waals surface area contributed by atoms with Crippen molar-refractivity contribution in [2.45, 2.75) is 64.2 Å². The highest BCUT2D eigenvalue weighted by molar-refractivity contribution is 6.02. The second kappa shape index (κ2) is 6.64. The van der Waals surface area contributed by atoms with Gasteiger partial charge in [-0.15, -0.1) is 0 Å². The fourth-order valence-corrected chi connectivity index (χ4v) is 5.28. The molecule has 1 amide bonds. The van der Waals surface area contributed by atoms with Crippen LogP contribution in [-0.2, 0) is 9.47 Å². The fourth-order valence-electron chi connectivity index (χ4n) is 5.28. The summed E-state index contributed by atoms with van der Waals surface area (Å²) >= 11 is 0. The molecule has 1 aromatic heterocycles. The van der Waals surface area contributed by atoms with E-state index < -0.39 is 0 Å². The first-order chi connectivity index (χ1) is 12.9. The molecule has 5 heteroatoms. The minimum Gasteiger partial charge on any atom is -0.381 e. The zero-order chi connectivity index (χ0) is 19.3. The largest absolute Gasteiger partial charge is 0.381 e. The summed E-state index contributed by atoms with van der Waals surface area (Å²) in [4.78, 5) is 19.0. The lowest BCUT2D eigenvalue weighted by Gasteiger charge is -2.43. The van der Waals surface area contributed by atoms with Gasteiger partial charge in [-0.2, -0.15) is 0 Å². The fraction of sp³-hybridized carbons (Fsp3) is 0.591. The summed E-state index contributed by atoms with van der Waals surface area (Å²) in [6.07, 6.45) is 3.87. The highest BCUT2D eigenvalue weighted by atomic mass is 16.5. The Morgan fingerprint density at radius 3 is 2.59 bits per heavy atom. The lowest BCUT2D eigenvalue weighted by atomic mass is 9.79. The molecule has 0 bridgehead atoms. The number of fused-ring (bicyclic) bond motifs is 2. The maximum atomic E-state index is 13.6. The molecule has 2 aromatic rings. The van der Waals surface area contributed by atoms with Gasteiger partial charge in [-0.25, -0.2) is 0 Å². The van der Waals surface area contributed by atoms with Crippen LogP contribution in [0.4, 0.5) is 0 Å². The van der Waals surface area contributed by atoms with Gasteiger partial charge in [0.25, 0.3) is 5.91 Å². The van der Waals surface area contributed by atoms with Gasteiger partial charge in [-0.1, -0.05) is 12.1 Å². The molecule has 1 aromatic carbocycles. The number of amides is 1. The molecular formula is C22H30N2O3. The third kappa shape index (κ3) is 2.71. The zero-order valence-corrected chi connectivity index (χ0v) is 17.0. The third-order valence-corrected chi connectivity index (χ3v) is 6.97. The Morgan fingerprint density at radius 1 is 1.19 bits per heavy atom. The van der Waals surface area contributed by atoms with Crippen LogP contribution < -0.4 is 0 Å². The smallest absolute Gasteiger partial charge is 0.270 e. The van der Waals surface area contributed by atoms with E-state index in [-0.39, 0.29) is 23.7 Å². The number of aromatic amines is 1. The molecule has 2 aliphatic rings. The monoisotopic (exact) mass is 370 g/mol. The normalized spacial score (nSPS) is 28.0. The first-order valence-corrected chi connectivity index (χ1v) is 9.89. The van der Waals surface area contributed by atoms with E-state index in [2.05, 4.69) is 37.9 Å². The molecular weight excluding hydrogens is 340 g/mol. The molecule has 3 atom stereocenters. The van der Waals surface area contributed by atoms with E-state index in [1.165, 1.54) is 16.5 Å². The molecule has 0 spiro atoms. The Labute approximate surface area is 161 Å². The number of aryl methyl sites for hydroxylation is 3. The number of H-pyrrole nitrogens is 1. The summed E-state index contributed by atoms with van der Waals surface area (Å²) in [5.74, 6) is 0.0863. The molecule has 2 fully saturated rings. The predicted molar refractivity (Wildman–Crippen MR) is 106 cm³/mol. The van der Waals surface area contributed by atoms with Gasteiger partial charge < -0.3 is 19.4 Å². The third-order valence-electron chi connectivity index (χ3n) is 6.97. The summed E-state index contributed by atoms with van der Waals surface area (Å²) in [5.41, 5.74) is 4.98. The van der Waals surface area contributed by atoms with Gasteiger partial charge in [0.05, 0.1) is 17.7 Å². The average molecular weight is 370 g/mol. The van der Waals surface area contributed by atoms with Crippen molar-refractivity contribution in [3.63, 3.8) is 0 Å². The van der Waals surface area contributed by atoms with Crippen molar-refractivity contribution in [1.29, 1.82) is 0 Å². The van der Waals surface area contributed by atoms with Gasteiger partial charge in [0.15, 0.2) is 0 Å². The number of rotatable bonds is 3. The number of hydrogen-bond acceptors (Lipinski definition) is 3. The highest BCUT2D eigenvalue weighted by Gasteiger charge is 2.53. The van der Waals surface area contributed by atoms with Crippen LogP contribution in [-0.4, -0.2) is 54.3 Å². The van der Waals surface area contributed by atoms with Crippen LogP contribution in [0, 0.1) is 20.8 Å². The lowest BCUT2D eigenvalue weighted by Crippen LogP contribution is -2.53. The van der Waals surface area contributed by atoms with E-state index in [0.717, 1.165) is 43.3 Å². The predicted octanol–water partition coefficient (Wildman–Crippen LogP) is 3.89. The number of benzene rings is 1. The molecule has 0 unspecified atom stereocenters. The van der Waals surface area contributed by atoms with Crippen LogP contribution in [0.15, 0.2) is 12.1 Å². The maximum absolute atomic E-state index is 13.6. The van der Waals surface area contributed by atoms with Crippen molar-refractivity contribution in [3.05, 3.63) is 34.5 Å². The minimum absolute atomic E-state index is 0.0710. The molecule has 0 radical (unpaired) electrons. The first-order valence-electron chi connectivity index (χ1n) is 9.89. The van der Waals surface area contributed by atoms with Gasteiger partial charge >= 0.3 is 0 Å². The standard InChI is InChI=1S/C22H30N2O3/c1-13-6-7-14(2)19-18(13)15(3)20(23-19)21(25)24-11-10-22(27-5)9-8-16(26-4)12-17(22)24/h6-7,16-17,23H,8-12H2,1-5H3/t16-,17-,22+/m0/s1. The lowest BCUT2D eigenvalue weighted by molar-refractivity contribution is -0.0894. The van der Waals surface area contributed by atoms with Crippen molar-refractivity contribution < 1.29 is 14.3 Å². The summed E-state index contributed by atoms with van der Waals surface area (Å²) in [6.45, 7) is 6.98. The summed E-state index contributed by atoms with van der Waals surface area (Å²) in [7, 11) is 3.55. The SMILES string of the molecule is CO[C@H]1CC[C@@]2(OC)CCN(C(=O)c3[nH]c4c(C)ccc(C)c4c3C)[C@H]2C1. The number of carbonyl (C=O) groups is 1. The molecule has 27 heavy (non-hydrogen) atoms. The Kier molecular flexibility index (Phi) is 4.55. The summed E-state index contributed by atoms with van der Waals surface area (Å²) < 4.78 is 11.6. The molecule has 1 saturated carbocycles. The average Bonchev–Trinajstić information content (AvgIpc) is 3.23. The molecule has 4 rings (SSSR count). The van der Waals surface area contributed by atoms with Crippen molar-refractivity contribution in [1.82, 2.24) is 9.88 Å². The molecule has 5 nitrogen and oxygen atoms in total. The molecule has 2 heterocycles. The highest BCUT2D eigenvalue weighted by Crippen LogP contribution is 2.44. The van der Waals surface area contributed by atoms with E-state index in [1.807, 2.05) is 4.90 Å². The Balaban J connectivity index is 1.73. The molecule has 146 valence electrons. The van der Waals surface area contributed by atoms with Crippen molar-refractivity contribution >= 4 is 16.8 Å². The van der Waals surface area contributed by atoms with Gasteiger partial charge in [-0.05, 0) is 63.1 Å². The van der Waals surface area contributed by atoms with E-state index in [0.29, 0.717) is 5.69 Å². The van der Waals surface area contributed by atoms with Gasteiger partial charge in [-0.3, -0.25) is 4.79 Å². The number of methoxy groups -OCH3 is 2. The topological polar surface area (TPSA) is 54.6 Å². The number of aromatic nitrogens is 1. The van der Waals surface area contributed by atoms with E-state index in [1.54, 1.807) is 14.2 Å². The number of nitrogens with one attached hydrogen (secondary N) is 1. The number of carbonyl (C=O) groups excluding carboxylic acids is 1. The molecule has 1 aliphatic carbocycles. The number of hydrogen-bond donors (Lipinski definition) is 1. The maximum Gasteiger partial charge on any atom is 0.270 e. The summed E-state index contributed by atoms with van der Waals surface area (Å²) in [5, 5.41) is 1.17. The van der Waals surface area contributed by atoms with Crippen LogP contribution in [0.5, 0.6) is 0 Å². The second-order valence-electron chi connectivity index (χ2n) is 8.24. The number of ether oxygens (including phenoxy) is 2. The Bertz CT molecular complexity index is 887.